The predicted molar refractivity (Wildman–Crippen MR) is 166 cm³/mol. The second kappa shape index (κ2) is 13.4. The Balaban J connectivity index is 1.32. The minimum atomic E-state index is -3.37. The maximum atomic E-state index is 15.1. The van der Waals surface area contributed by atoms with Crippen LogP contribution in [0.2, 0.25) is 5.02 Å². The first kappa shape index (κ1) is 31.5. The molecule has 1 aliphatic carbocycles. The number of hydrogen-bond donors (Lipinski definition) is 3. The van der Waals surface area contributed by atoms with Gasteiger partial charge < -0.3 is 16.4 Å². The third-order valence-corrected chi connectivity index (χ3v) is 11.1. The number of halogens is 3. The Morgan fingerprint density at radius 2 is 1.79 bits per heavy atom. The molecule has 11 heteroatoms. The van der Waals surface area contributed by atoms with E-state index in [2.05, 4.69) is 10.6 Å². The van der Waals surface area contributed by atoms with Crippen LogP contribution in [0.4, 0.5) is 14.5 Å². The molecule has 0 aromatic heterocycles. The third-order valence-electron chi connectivity index (χ3n) is 8.29. The van der Waals surface area contributed by atoms with E-state index in [4.69, 9.17) is 17.3 Å². The van der Waals surface area contributed by atoms with Crippen LogP contribution < -0.4 is 16.4 Å². The average Bonchev–Trinajstić information content (AvgIpc) is 3.82. The molecule has 4 atom stereocenters. The largest absolute Gasteiger partial charge is 0.324 e. The molecule has 4 N–H and O–H groups in total. The Labute approximate surface area is 256 Å². The maximum Gasteiger partial charge on any atom is 0.242 e. The first-order valence-electron chi connectivity index (χ1n) is 14.6. The SMILES string of the molecule is C[C@H]1CNC[C@H](CCCc2c(F)cccc2NC(=O)[C@@H](N)[C@@H](c2ccc(Cl)cc2)c2cccc(F)c2)N1S(=O)(=O)C1CC1. The Hall–Kier alpha value is -2.89. The lowest BCUT2D eigenvalue weighted by Gasteiger charge is -2.40. The van der Waals surface area contributed by atoms with Crippen molar-refractivity contribution in [1.82, 2.24) is 9.62 Å². The topological polar surface area (TPSA) is 105 Å². The summed E-state index contributed by atoms with van der Waals surface area (Å²) in [6, 6.07) is 15.7. The number of nitrogens with zero attached hydrogens (tertiary/aromatic N) is 1. The Morgan fingerprint density at radius 3 is 2.49 bits per heavy atom. The lowest BCUT2D eigenvalue weighted by molar-refractivity contribution is -0.117. The van der Waals surface area contributed by atoms with E-state index in [0.29, 0.717) is 72.6 Å². The molecule has 0 bridgehead atoms. The number of anilines is 1. The lowest BCUT2D eigenvalue weighted by Crippen LogP contribution is -2.58. The Kier molecular flexibility index (Phi) is 9.83. The van der Waals surface area contributed by atoms with Crippen molar-refractivity contribution in [3.8, 4) is 0 Å². The highest BCUT2D eigenvalue weighted by Crippen LogP contribution is 2.35. The number of nitrogens with two attached hydrogens (primary N) is 1. The lowest BCUT2D eigenvalue weighted by atomic mass is 9.85. The number of carbonyl (C=O) groups excluding carboxylic acids is 1. The van der Waals surface area contributed by atoms with Gasteiger partial charge in [0.15, 0.2) is 0 Å². The summed E-state index contributed by atoms with van der Waals surface area (Å²) in [6.45, 7) is 3.05. The molecule has 0 radical (unpaired) electrons. The van der Waals surface area contributed by atoms with Crippen LogP contribution in [0.5, 0.6) is 0 Å². The number of sulfonamides is 1. The molecule has 1 heterocycles. The van der Waals surface area contributed by atoms with Gasteiger partial charge in [-0.15, -0.1) is 0 Å². The Morgan fingerprint density at radius 1 is 1.07 bits per heavy atom. The molecule has 0 unspecified atom stereocenters. The summed E-state index contributed by atoms with van der Waals surface area (Å²) in [7, 11) is -3.37. The molecular weight excluding hydrogens is 594 g/mol. The summed E-state index contributed by atoms with van der Waals surface area (Å²) >= 11 is 6.07. The fourth-order valence-corrected chi connectivity index (χ4v) is 8.39. The maximum absolute atomic E-state index is 15.1. The highest BCUT2D eigenvalue weighted by Gasteiger charge is 2.45. The van der Waals surface area contributed by atoms with Gasteiger partial charge in [0, 0.05) is 47.4 Å². The summed E-state index contributed by atoms with van der Waals surface area (Å²) < 4.78 is 57.2. The zero-order chi connectivity index (χ0) is 30.7. The van der Waals surface area contributed by atoms with Gasteiger partial charge in [0.05, 0.1) is 11.3 Å². The van der Waals surface area contributed by atoms with E-state index < -0.39 is 39.5 Å². The van der Waals surface area contributed by atoms with Crippen molar-refractivity contribution in [2.45, 2.75) is 68.3 Å². The first-order valence-corrected chi connectivity index (χ1v) is 16.5. The number of piperazine rings is 1. The van der Waals surface area contributed by atoms with Crippen molar-refractivity contribution in [3.63, 3.8) is 0 Å². The van der Waals surface area contributed by atoms with Crippen LogP contribution in [0.25, 0.3) is 0 Å². The number of rotatable bonds is 11. The van der Waals surface area contributed by atoms with Crippen LogP contribution in [0.15, 0.2) is 66.7 Å². The minimum absolute atomic E-state index is 0.152. The zero-order valence-corrected chi connectivity index (χ0v) is 25.6. The summed E-state index contributed by atoms with van der Waals surface area (Å²) in [6.07, 6.45) is 2.75. The zero-order valence-electron chi connectivity index (χ0n) is 24.0. The fraction of sp³-hybridized carbons (Fsp3) is 0.406. The normalized spacial score (nSPS) is 20.9. The summed E-state index contributed by atoms with van der Waals surface area (Å²) in [4.78, 5) is 13.5. The van der Waals surface area contributed by atoms with Gasteiger partial charge in [-0.05, 0) is 86.6 Å². The smallest absolute Gasteiger partial charge is 0.242 e. The second-order valence-corrected chi connectivity index (χ2v) is 14.0. The van der Waals surface area contributed by atoms with Crippen LogP contribution in [0, 0.1) is 11.6 Å². The molecule has 5 rings (SSSR count). The van der Waals surface area contributed by atoms with Gasteiger partial charge in [0.1, 0.15) is 11.6 Å². The van der Waals surface area contributed by atoms with Crippen molar-refractivity contribution in [1.29, 1.82) is 0 Å². The molecule has 2 fully saturated rings. The van der Waals surface area contributed by atoms with Gasteiger partial charge in [-0.2, -0.15) is 4.31 Å². The highest BCUT2D eigenvalue weighted by molar-refractivity contribution is 7.90. The van der Waals surface area contributed by atoms with Crippen molar-refractivity contribution < 1.29 is 22.0 Å². The van der Waals surface area contributed by atoms with E-state index in [1.54, 1.807) is 46.8 Å². The number of nitrogens with one attached hydrogen (secondary N) is 2. The van der Waals surface area contributed by atoms with Crippen LogP contribution in [0.3, 0.4) is 0 Å². The molecule has 2 aliphatic rings. The van der Waals surface area contributed by atoms with E-state index in [-0.39, 0.29) is 17.3 Å². The van der Waals surface area contributed by atoms with Gasteiger partial charge in [-0.1, -0.05) is 41.9 Å². The predicted octanol–water partition coefficient (Wildman–Crippen LogP) is 5.19. The molecule has 230 valence electrons. The van der Waals surface area contributed by atoms with Crippen molar-refractivity contribution >= 4 is 33.2 Å². The van der Waals surface area contributed by atoms with Gasteiger partial charge in [-0.25, -0.2) is 17.2 Å². The number of carbonyl (C=O) groups is 1. The minimum Gasteiger partial charge on any atom is -0.324 e. The quantitative estimate of drug-likeness (QED) is 0.270. The molecule has 1 saturated heterocycles. The number of hydrogen-bond acceptors (Lipinski definition) is 5. The summed E-state index contributed by atoms with van der Waals surface area (Å²) in [5, 5.41) is 6.34. The number of amides is 1. The molecule has 3 aromatic carbocycles. The van der Waals surface area contributed by atoms with Crippen LogP contribution in [-0.4, -0.2) is 55.1 Å². The van der Waals surface area contributed by atoms with E-state index in [9.17, 15) is 17.6 Å². The van der Waals surface area contributed by atoms with Gasteiger partial charge in [0.25, 0.3) is 0 Å². The number of benzene rings is 3. The standard InChI is InChI=1S/C32H37ClF2N4O3S/c1-20-18-37-19-25(39(20)43(41,42)26-15-16-26)7-3-8-27-28(35)9-4-10-29(27)38-32(40)31(36)30(21-11-13-23(33)14-12-21)22-5-2-6-24(34)17-22/h2,4-6,9-14,17,20,25-26,30-31,37H,3,7-8,15-16,18-19,36H2,1H3,(H,38,40)/t20-,25-,30-,31-/m0/s1. The summed E-state index contributed by atoms with van der Waals surface area (Å²) in [5.74, 6) is -2.17. The van der Waals surface area contributed by atoms with Crippen molar-refractivity contribution in [2.24, 2.45) is 5.73 Å². The van der Waals surface area contributed by atoms with Crippen LogP contribution in [0.1, 0.15) is 55.2 Å². The molecule has 1 amide bonds. The highest BCUT2D eigenvalue weighted by atomic mass is 35.5. The van der Waals surface area contributed by atoms with Gasteiger partial charge in [-0.3, -0.25) is 4.79 Å². The van der Waals surface area contributed by atoms with Gasteiger partial charge >= 0.3 is 0 Å². The van der Waals surface area contributed by atoms with Crippen LogP contribution in [-0.2, 0) is 21.2 Å². The molecule has 1 aliphatic heterocycles. The van der Waals surface area contributed by atoms with Crippen molar-refractivity contribution in [2.75, 3.05) is 18.4 Å². The summed E-state index contributed by atoms with van der Waals surface area (Å²) in [5.41, 5.74) is 8.34. The second-order valence-electron chi connectivity index (χ2n) is 11.5. The van der Waals surface area contributed by atoms with E-state index in [0.717, 1.165) is 0 Å². The molecule has 3 aromatic rings. The third kappa shape index (κ3) is 7.26. The monoisotopic (exact) mass is 630 g/mol. The van der Waals surface area contributed by atoms with E-state index >= 15 is 4.39 Å². The molecular formula is C32H37ClF2N4O3S. The molecule has 0 spiro atoms. The average molecular weight is 631 g/mol. The molecule has 1 saturated carbocycles. The molecule has 7 nitrogen and oxygen atoms in total. The van der Waals surface area contributed by atoms with Crippen LogP contribution >= 0.6 is 11.6 Å². The first-order chi connectivity index (χ1) is 20.6. The van der Waals surface area contributed by atoms with E-state index in [1.807, 2.05) is 6.92 Å². The van der Waals surface area contributed by atoms with Crippen molar-refractivity contribution in [3.05, 3.63) is 100 Å². The fourth-order valence-electron chi connectivity index (χ4n) is 6.01. The molecule has 43 heavy (non-hydrogen) atoms. The van der Waals surface area contributed by atoms with E-state index in [1.165, 1.54) is 24.3 Å². The van der Waals surface area contributed by atoms with Gasteiger partial charge in [0.2, 0.25) is 15.9 Å². The Bertz CT molecular complexity index is 1550.